The van der Waals surface area contributed by atoms with Gasteiger partial charge in [0, 0.05) is 11.1 Å². The van der Waals surface area contributed by atoms with Crippen LogP contribution in [0.4, 0.5) is 0 Å². The summed E-state index contributed by atoms with van der Waals surface area (Å²) in [4.78, 5) is 21.4. The number of ether oxygens (including phenoxy) is 2. The van der Waals surface area contributed by atoms with Crippen molar-refractivity contribution < 1.29 is 18.7 Å². The average Bonchev–Trinajstić information content (AvgIpc) is 3.29. The summed E-state index contributed by atoms with van der Waals surface area (Å²) in [5, 5.41) is 0.976. The van der Waals surface area contributed by atoms with E-state index >= 15 is 0 Å². The Hall–Kier alpha value is -3.51. The zero-order valence-corrected chi connectivity index (χ0v) is 21.8. The first-order valence-corrected chi connectivity index (χ1v) is 13.1. The molecule has 6 nitrogen and oxygen atoms in total. The Morgan fingerprint density at radius 1 is 0.973 bits per heavy atom. The van der Waals surface area contributed by atoms with Gasteiger partial charge in [-0.25, -0.2) is 14.8 Å². The SMILES string of the molecule is CC(C)(C)OC(=O)COC1CCC[C@H](Cc2ncnc3oc(-c4ccccc4)c(-c4ccccc4)c23)C1. The number of aromatic nitrogens is 2. The van der Waals surface area contributed by atoms with E-state index in [-0.39, 0.29) is 18.7 Å². The molecular weight excluding hydrogens is 464 g/mol. The molecule has 1 fully saturated rings. The second-order valence-corrected chi connectivity index (χ2v) is 10.8. The molecule has 1 aliphatic rings. The predicted octanol–water partition coefficient (Wildman–Crippen LogP) is 7.02. The van der Waals surface area contributed by atoms with E-state index in [1.165, 1.54) is 0 Å². The number of esters is 1. The second-order valence-electron chi connectivity index (χ2n) is 10.8. The van der Waals surface area contributed by atoms with Crippen molar-refractivity contribution in [1.29, 1.82) is 0 Å². The van der Waals surface area contributed by atoms with Gasteiger partial charge in [-0.15, -0.1) is 0 Å². The summed E-state index contributed by atoms with van der Waals surface area (Å²) in [5.41, 5.74) is 4.22. The van der Waals surface area contributed by atoms with Crippen LogP contribution in [0.1, 0.15) is 52.1 Å². The normalized spacial score (nSPS) is 18.1. The molecule has 2 atom stereocenters. The van der Waals surface area contributed by atoms with Crippen molar-refractivity contribution in [3.05, 3.63) is 72.7 Å². The van der Waals surface area contributed by atoms with Crippen LogP contribution in [0.2, 0.25) is 0 Å². The fourth-order valence-corrected chi connectivity index (χ4v) is 5.23. The smallest absolute Gasteiger partial charge is 0.332 e. The molecule has 0 N–H and O–H groups in total. The number of carbonyl (C=O) groups excluding carboxylic acids is 1. The fourth-order valence-electron chi connectivity index (χ4n) is 5.23. The van der Waals surface area contributed by atoms with E-state index in [2.05, 4.69) is 29.2 Å². The molecule has 1 saturated carbocycles. The molecular formula is C31H34N2O4. The summed E-state index contributed by atoms with van der Waals surface area (Å²) < 4.78 is 17.7. The lowest BCUT2D eigenvalue weighted by Gasteiger charge is -2.29. The van der Waals surface area contributed by atoms with Crippen LogP contribution in [0.5, 0.6) is 0 Å². The first-order chi connectivity index (χ1) is 17.9. The molecule has 192 valence electrons. The maximum Gasteiger partial charge on any atom is 0.332 e. The molecule has 5 rings (SSSR count). The van der Waals surface area contributed by atoms with Gasteiger partial charge < -0.3 is 13.9 Å². The van der Waals surface area contributed by atoms with E-state index < -0.39 is 5.60 Å². The number of furan rings is 1. The molecule has 0 radical (unpaired) electrons. The largest absolute Gasteiger partial charge is 0.458 e. The summed E-state index contributed by atoms with van der Waals surface area (Å²) in [6, 6.07) is 20.5. The quantitative estimate of drug-likeness (QED) is 0.255. The Morgan fingerprint density at radius 3 is 2.38 bits per heavy atom. The molecule has 1 unspecified atom stereocenters. The van der Waals surface area contributed by atoms with Gasteiger partial charge in [-0.05, 0) is 57.9 Å². The molecule has 2 aromatic heterocycles. The first kappa shape index (κ1) is 25.2. The van der Waals surface area contributed by atoms with E-state index in [9.17, 15) is 4.79 Å². The van der Waals surface area contributed by atoms with Crippen LogP contribution < -0.4 is 0 Å². The van der Waals surface area contributed by atoms with E-state index in [0.29, 0.717) is 11.6 Å². The number of nitrogens with zero attached hydrogens (tertiary/aromatic N) is 2. The lowest BCUT2D eigenvalue weighted by molar-refractivity contribution is -0.163. The number of fused-ring (bicyclic) bond motifs is 1. The molecule has 0 saturated heterocycles. The molecule has 1 aliphatic carbocycles. The minimum Gasteiger partial charge on any atom is -0.458 e. The van der Waals surface area contributed by atoms with E-state index in [0.717, 1.165) is 65.6 Å². The van der Waals surface area contributed by atoms with E-state index in [4.69, 9.17) is 18.9 Å². The molecule has 6 heteroatoms. The third-order valence-electron chi connectivity index (χ3n) is 6.74. The summed E-state index contributed by atoms with van der Waals surface area (Å²) in [6.45, 7) is 5.60. The van der Waals surface area contributed by atoms with Gasteiger partial charge >= 0.3 is 5.97 Å². The van der Waals surface area contributed by atoms with Crippen molar-refractivity contribution in [2.45, 2.75) is 64.6 Å². The van der Waals surface area contributed by atoms with Crippen LogP contribution in [0, 0.1) is 5.92 Å². The van der Waals surface area contributed by atoms with Gasteiger partial charge in [0.1, 0.15) is 24.3 Å². The lowest BCUT2D eigenvalue weighted by Crippen LogP contribution is -2.30. The third-order valence-corrected chi connectivity index (χ3v) is 6.74. The van der Waals surface area contributed by atoms with Crippen molar-refractivity contribution in [3.63, 3.8) is 0 Å². The van der Waals surface area contributed by atoms with Crippen LogP contribution in [-0.2, 0) is 20.7 Å². The van der Waals surface area contributed by atoms with Gasteiger partial charge in [0.2, 0.25) is 5.71 Å². The highest BCUT2D eigenvalue weighted by molar-refractivity contribution is 6.01. The van der Waals surface area contributed by atoms with Gasteiger partial charge in [-0.3, -0.25) is 0 Å². The van der Waals surface area contributed by atoms with Gasteiger partial charge in [0.15, 0.2) is 0 Å². The van der Waals surface area contributed by atoms with Crippen LogP contribution in [0.3, 0.4) is 0 Å². The molecule has 2 heterocycles. The molecule has 0 bridgehead atoms. The number of rotatable bonds is 7. The third kappa shape index (κ3) is 6.08. The minimum absolute atomic E-state index is 0.00721. The van der Waals surface area contributed by atoms with Crippen LogP contribution >= 0.6 is 0 Å². The second kappa shape index (κ2) is 10.9. The average molecular weight is 499 g/mol. The zero-order valence-electron chi connectivity index (χ0n) is 21.8. The Balaban J connectivity index is 1.41. The number of carbonyl (C=O) groups is 1. The van der Waals surface area contributed by atoms with Crippen molar-refractivity contribution in [2.24, 2.45) is 5.92 Å². The number of hydrogen-bond donors (Lipinski definition) is 0. The highest BCUT2D eigenvalue weighted by atomic mass is 16.6. The predicted molar refractivity (Wildman–Crippen MR) is 144 cm³/mol. The lowest BCUT2D eigenvalue weighted by atomic mass is 9.83. The van der Waals surface area contributed by atoms with Crippen LogP contribution in [0.15, 0.2) is 71.4 Å². The fraction of sp³-hybridized carbons (Fsp3) is 0.387. The standard InChI is InChI=1S/C31H34N2O4/c1-31(2,3)37-26(34)19-35-24-16-10-11-21(17-24)18-25-28-27(22-12-6-4-7-13-22)29(23-14-8-5-9-15-23)36-30(28)33-20-32-25/h4-9,12-15,20-21,24H,10-11,16-19H2,1-3H3/t21-,24?/m0/s1. The van der Waals surface area contributed by atoms with Gasteiger partial charge in [0.05, 0.1) is 17.2 Å². The topological polar surface area (TPSA) is 74.5 Å². The Labute approximate surface area is 218 Å². The molecule has 4 aromatic rings. The van der Waals surface area contributed by atoms with Crippen LogP contribution in [0.25, 0.3) is 33.6 Å². The van der Waals surface area contributed by atoms with Gasteiger partial charge in [-0.1, -0.05) is 67.1 Å². The Morgan fingerprint density at radius 2 is 1.68 bits per heavy atom. The minimum atomic E-state index is -0.506. The molecule has 0 aliphatic heterocycles. The highest BCUT2D eigenvalue weighted by Crippen LogP contribution is 2.42. The van der Waals surface area contributed by atoms with Crippen molar-refractivity contribution >= 4 is 17.1 Å². The van der Waals surface area contributed by atoms with Crippen LogP contribution in [-0.4, -0.2) is 34.2 Å². The van der Waals surface area contributed by atoms with Crippen molar-refractivity contribution in [3.8, 4) is 22.5 Å². The molecule has 2 aromatic carbocycles. The summed E-state index contributed by atoms with van der Waals surface area (Å²) in [5.74, 6) is 0.895. The summed E-state index contributed by atoms with van der Waals surface area (Å²) >= 11 is 0. The Kier molecular flexibility index (Phi) is 7.38. The molecule has 0 spiro atoms. The maximum absolute atomic E-state index is 12.1. The first-order valence-electron chi connectivity index (χ1n) is 13.1. The molecule has 37 heavy (non-hydrogen) atoms. The van der Waals surface area contributed by atoms with Crippen molar-refractivity contribution in [1.82, 2.24) is 9.97 Å². The maximum atomic E-state index is 12.1. The monoisotopic (exact) mass is 498 g/mol. The summed E-state index contributed by atoms with van der Waals surface area (Å²) in [7, 11) is 0. The number of benzene rings is 2. The highest BCUT2D eigenvalue weighted by Gasteiger charge is 2.28. The van der Waals surface area contributed by atoms with Gasteiger partial charge in [0.25, 0.3) is 0 Å². The summed E-state index contributed by atoms with van der Waals surface area (Å²) in [6.07, 6.45) is 6.45. The van der Waals surface area contributed by atoms with E-state index in [1.807, 2.05) is 57.2 Å². The van der Waals surface area contributed by atoms with E-state index in [1.54, 1.807) is 6.33 Å². The zero-order chi connectivity index (χ0) is 25.8. The molecule has 0 amide bonds. The van der Waals surface area contributed by atoms with Crippen molar-refractivity contribution in [2.75, 3.05) is 6.61 Å². The van der Waals surface area contributed by atoms with Gasteiger partial charge in [-0.2, -0.15) is 0 Å². The Bertz CT molecular complexity index is 1340. The number of hydrogen-bond acceptors (Lipinski definition) is 6.